The maximum atomic E-state index is 12.3. The van der Waals surface area contributed by atoms with Gasteiger partial charge in [0.25, 0.3) is 0 Å². The van der Waals surface area contributed by atoms with Gasteiger partial charge in [-0.2, -0.15) is 0 Å². The van der Waals surface area contributed by atoms with E-state index in [9.17, 15) is 9.59 Å². The first-order valence-electron chi connectivity index (χ1n) is 9.29. The summed E-state index contributed by atoms with van der Waals surface area (Å²) < 4.78 is 20.9. The summed E-state index contributed by atoms with van der Waals surface area (Å²) in [5, 5.41) is 0. The topological polar surface area (TPSA) is 71.1 Å². The highest BCUT2D eigenvalue weighted by atomic mass is 16.5. The largest absolute Gasteiger partial charge is 0.497 e. The zero-order chi connectivity index (χ0) is 21.3. The summed E-state index contributed by atoms with van der Waals surface area (Å²) in [6, 6.07) is 20.7. The third-order valence-electron chi connectivity index (χ3n) is 4.39. The number of ether oxygens (including phenoxy) is 4. The lowest BCUT2D eigenvalue weighted by molar-refractivity contribution is 0.0470. The average Bonchev–Trinajstić information content (AvgIpc) is 2.81. The predicted octanol–water partition coefficient (Wildman–Crippen LogP) is 4.42. The molecular weight excluding hydrogens is 384 g/mol. The molecule has 30 heavy (non-hydrogen) atoms. The van der Waals surface area contributed by atoms with Crippen molar-refractivity contribution < 1.29 is 28.5 Å². The van der Waals surface area contributed by atoms with Gasteiger partial charge in [-0.15, -0.1) is 0 Å². The first-order valence-corrected chi connectivity index (χ1v) is 9.29. The standard InChI is InChI=1S/C24H22O6/c1-27-21-10-6-17(7-11-21)15-29-23(25)19-4-3-5-20(14-19)24(26)30-16-18-8-12-22(28-2)13-9-18/h3-14H,15-16H2,1-2H3. The van der Waals surface area contributed by atoms with Crippen molar-refractivity contribution in [2.75, 3.05) is 14.2 Å². The highest BCUT2D eigenvalue weighted by molar-refractivity contribution is 5.95. The Kier molecular flexibility index (Phi) is 7.05. The molecule has 6 nitrogen and oxygen atoms in total. The summed E-state index contributed by atoms with van der Waals surface area (Å²) in [7, 11) is 3.17. The Bertz CT molecular complexity index is 914. The molecule has 3 rings (SSSR count). The third kappa shape index (κ3) is 5.61. The number of esters is 2. The van der Waals surface area contributed by atoms with Crippen LogP contribution in [0.25, 0.3) is 0 Å². The van der Waals surface area contributed by atoms with Crippen LogP contribution in [0.3, 0.4) is 0 Å². The first kappa shape index (κ1) is 20.9. The quantitative estimate of drug-likeness (QED) is 0.516. The van der Waals surface area contributed by atoms with Gasteiger partial charge in [0.05, 0.1) is 25.3 Å². The van der Waals surface area contributed by atoms with E-state index < -0.39 is 11.9 Å². The molecule has 0 atom stereocenters. The molecule has 0 bridgehead atoms. The molecule has 0 amide bonds. The molecule has 0 unspecified atom stereocenters. The van der Waals surface area contributed by atoms with E-state index in [4.69, 9.17) is 18.9 Å². The van der Waals surface area contributed by atoms with E-state index in [0.29, 0.717) is 0 Å². The van der Waals surface area contributed by atoms with Gasteiger partial charge in [-0.3, -0.25) is 0 Å². The smallest absolute Gasteiger partial charge is 0.338 e. The molecule has 0 spiro atoms. The van der Waals surface area contributed by atoms with Gasteiger partial charge in [0.1, 0.15) is 24.7 Å². The molecule has 6 heteroatoms. The lowest BCUT2D eigenvalue weighted by Crippen LogP contribution is -2.09. The van der Waals surface area contributed by atoms with Crippen molar-refractivity contribution in [1.82, 2.24) is 0 Å². The Labute approximate surface area is 175 Å². The van der Waals surface area contributed by atoms with E-state index in [1.165, 1.54) is 6.07 Å². The van der Waals surface area contributed by atoms with Gasteiger partial charge in [-0.1, -0.05) is 30.3 Å². The Morgan fingerprint density at radius 3 is 1.40 bits per heavy atom. The zero-order valence-corrected chi connectivity index (χ0v) is 16.8. The van der Waals surface area contributed by atoms with E-state index in [1.807, 2.05) is 24.3 Å². The van der Waals surface area contributed by atoms with Crippen LogP contribution in [0.4, 0.5) is 0 Å². The van der Waals surface area contributed by atoms with Crippen LogP contribution in [0.1, 0.15) is 31.8 Å². The van der Waals surface area contributed by atoms with Crippen LogP contribution in [0.2, 0.25) is 0 Å². The van der Waals surface area contributed by atoms with Crippen LogP contribution in [0.5, 0.6) is 11.5 Å². The summed E-state index contributed by atoms with van der Waals surface area (Å²) in [5.74, 6) is 0.420. The minimum absolute atomic E-state index is 0.120. The summed E-state index contributed by atoms with van der Waals surface area (Å²) >= 11 is 0. The summed E-state index contributed by atoms with van der Waals surface area (Å²) in [5.41, 5.74) is 2.23. The maximum absolute atomic E-state index is 12.3. The van der Waals surface area contributed by atoms with E-state index in [2.05, 4.69) is 0 Å². The molecule has 3 aromatic carbocycles. The fraction of sp³-hybridized carbons (Fsp3) is 0.167. The molecule has 0 heterocycles. The van der Waals surface area contributed by atoms with Crippen molar-refractivity contribution in [3.8, 4) is 11.5 Å². The summed E-state index contributed by atoms with van der Waals surface area (Å²) in [6.45, 7) is 0.240. The number of hydrogen-bond acceptors (Lipinski definition) is 6. The summed E-state index contributed by atoms with van der Waals surface area (Å²) in [4.78, 5) is 24.7. The predicted molar refractivity (Wildman–Crippen MR) is 111 cm³/mol. The minimum atomic E-state index is -0.518. The number of carbonyl (C=O) groups excluding carboxylic acids is 2. The molecule has 0 N–H and O–H groups in total. The number of methoxy groups -OCH3 is 2. The molecule has 0 saturated heterocycles. The molecule has 154 valence electrons. The normalized spacial score (nSPS) is 10.2. The fourth-order valence-corrected chi connectivity index (χ4v) is 2.68. The second-order valence-electron chi connectivity index (χ2n) is 6.43. The van der Waals surface area contributed by atoms with Crippen LogP contribution in [0, 0.1) is 0 Å². The number of carbonyl (C=O) groups is 2. The molecular formula is C24H22O6. The Hall–Kier alpha value is -3.80. The molecule has 0 aliphatic heterocycles. The van der Waals surface area contributed by atoms with Crippen molar-refractivity contribution in [2.45, 2.75) is 13.2 Å². The van der Waals surface area contributed by atoms with Gasteiger partial charge in [0, 0.05) is 0 Å². The fourth-order valence-electron chi connectivity index (χ4n) is 2.68. The van der Waals surface area contributed by atoms with Gasteiger partial charge < -0.3 is 18.9 Å². The lowest BCUT2D eigenvalue weighted by atomic mass is 10.1. The summed E-state index contributed by atoms with van der Waals surface area (Å²) in [6.07, 6.45) is 0. The van der Waals surface area contributed by atoms with Crippen molar-refractivity contribution in [3.63, 3.8) is 0 Å². The van der Waals surface area contributed by atoms with E-state index >= 15 is 0 Å². The minimum Gasteiger partial charge on any atom is -0.497 e. The van der Waals surface area contributed by atoms with Gasteiger partial charge in [-0.25, -0.2) is 9.59 Å². The molecule has 0 aromatic heterocycles. The van der Waals surface area contributed by atoms with Crippen LogP contribution >= 0.6 is 0 Å². The van der Waals surface area contributed by atoms with Crippen LogP contribution in [0.15, 0.2) is 72.8 Å². The highest BCUT2D eigenvalue weighted by Crippen LogP contribution is 2.15. The van der Waals surface area contributed by atoms with Crippen molar-refractivity contribution >= 4 is 11.9 Å². The van der Waals surface area contributed by atoms with Gasteiger partial charge >= 0.3 is 11.9 Å². The lowest BCUT2D eigenvalue weighted by Gasteiger charge is -2.08. The van der Waals surface area contributed by atoms with Crippen LogP contribution in [-0.2, 0) is 22.7 Å². The Balaban J connectivity index is 1.56. The van der Waals surface area contributed by atoms with Crippen molar-refractivity contribution in [1.29, 1.82) is 0 Å². The van der Waals surface area contributed by atoms with E-state index in [1.54, 1.807) is 56.7 Å². The van der Waals surface area contributed by atoms with Crippen LogP contribution in [-0.4, -0.2) is 26.2 Å². The molecule has 0 aliphatic rings. The third-order valence-corrected chi connectivity index (χ3v) is 4.39. The maximum Gasteiger partial charge on any atom is 0.338 e. The van der Waals surface area contributed by atoms with E-state index in [0.717, 1.165) is 22.6 Å². The highest BCUT2D eigenvalue weighted by Gasteiger charge is 2.13. The second kappa shape index (κ2) is 10.1. The molecule has 3 aromatic rings. The molecule has 0 radical (unpaired) electrons. The number of rotatable bonds is 8. The van der Waals surface area contributed by atoms with Gasteiger partial charge in [-0.05, 0) is 53.6 Å². The number of benzene rings is 3. The molecule has 0 aliphatic carbocycles. The first-order chi connectivity index (χ1) is 14.6. The monoisotopic (exact) mass is 406 g/mol. The zero-order valence-electron chi connectivity index (χ0n) is 16.8. The Morgan fingerprint density at radius 1 is 0.633 bits per heavy atom. The average molecular weight is 406 g/mol. The Morgan fingerprint density at radius 2 is 1.03 bits per heavy atom. The second-order valence-corrected chi connectivity index (χ2v) is 6.43. The van der Waals surface area contributed by atoms with Gasteiger partial charge in [0.2, 0.25) is 0 Å². The van der Waals surface area contributed by atoms with Gasteiger partial charge in [0.15, 0.2) is 0 Å². The number of hydrogen-bond donors (Lipinski definition) is 0. The SMILES string of the molecule is COc1ccc(COC(=O)c2cccc(C(=O)OCc3ccc(OC)cc3)c2)cc1. The van der Waals surface area contributed by atoms with E-state index in [-0.39, 0.29) is 24.3 Å². The molecule has 0 saturated carbocycles. The van der Waals surface area contributed by atoms with Crippen molar-refractivity contribution in [2.24, 2.45) is 0 Å². The molecule has 0 fully saturated rings. The van der Waals surface area contributed by atoms with Crippen LogP contribution < -0.4 is 9.47 Å². The van der Waals surface area contributed by atoms with Crippen molar-refractivity contribution in [3.05, 3.63) is 95.1 Å².